The lowest BCUT2D eigenvalue weighted by molar-refractivity contribution is -0.140. The average molecular weight is 632 g/mol. The molecule has 1 unspecified atom stereocenters. The van der Waals surface area contributed by atoms with E-state index in [4.69, 9.17) is 4.74 Å². The van der Waals surface area contributed by atoms with Crippen LogP contribution in [0.2, 0.25) is 0 Å². The van der Waals surface area contributed by atoms with Crippen molar-refractivity contribution in [2.45, 2.75) is 43.7 Å². The van der Waals surface area contributed by atoms with Crippen molar-refractivity contribution in [3.8, 4) is 5.75 Å². The SMILES string of the molecule is CCCCNC(=O)C(Cc1ccccc1)N(Cc1cccc(OC)c1)C(=O)CN(c1ccc(F)cc1)S(=O)(=O)c1ccccc1. The third-order valence-electron chi connectivity index (χ3n) is 7.31. The largest absolute Gasteiger partial charge is 0.497 e. The summed E-state index contributed by atoms with van der Waals surface area (Å²) in [5.74, 6) is -0.920. The Labute approximate surface area is 264 Å². The highest BCUT2D eigenvalue weighted by atomic mass is 32.2. The van der Waals surface area contributed by atoms with Crippen LogP contribution in [0.15, 0.2) is 114 Å². The highest BCUT2D eigenvalue weighted by Crippen LogP contribution is 2.26. The van der Waals surface area contributed by atoms with Gasteiger partial charge in [0, 0.05) is 19.5 Å². The Morgan fingerprint density at radius 1 is 0.867 bits per heavy atom. The highest BCUT2D eigenvalue weighted by molar-refractivity contribution is 7.92. The van der Waals surface area contributed by atoms with E-state index in [2.05, 4.69) is 5.32 Å². The first-order valence-electron chi connectivity index (χ1n) is 14.8. The van der Waals surface area contributed by atoms with Crippen LogP contribution < -0.4 is 14.4 Å². The van der Waals surface area contributed by atoms with Gasteiger partial charge in [-0.05, 0) is 66.1 Å². The minimum Gasteiger partial charge on any atom is -0.497 e. The molecule has 4 aromatic carbocycles. The molecule has 0 saturated carbocycles. The first-order valence-corrected chi connectivity index (χ1v) is 16.2. The van der Waals surface area contributed by atoms with Gasteiger partial charge in [-0.15, -0.1) is 0 Å². The molecule has 45 heavy (non-hydrogen) atoms. The third-order valence-corrected chi connectivity index (χ3v) is 9.10. The van der Waals surface area contributed by atoms with E-state index in [0.29, 0.717) is 17.9 Å². The van der Waals surface area contributed by atoms with Crippen LogP contribution >= 0.6 is 0 Å². The number of methoxy groups -OCH3 is 1. The molecule has 0 bridgehead atoms. The maximum atomic E-state index is 14.4. The fourth-order valence-electron chi connectivity index (χ4n) is 4.88. The number of unbranched alkanes of at least 4 members (excludes halogenated alkanes) is 1. The van der Waals surface area contributed by atoms with E-state index >= 15 is 0 Å². The molecular formula is C35H38FN3O5S. The normalized spacial score (nSPS) is 11.8. The number of carbonyl (C=O) groups is 2. The number of halogens is 1. The number of anilines is 1. The molecule has 0 aliphatic carbocycles. The van der Waals surface area contributed by atoms with Gasteiger partial charge in [-0.25, -0.2) is 12.8 Å². The van der Waals surface area contributed by atoms with Gasteiger partial charge in [0.05, 0.1) is 17.7 Å². The Bertz CT molecular complexity index is 1650. The van der Waals surface area contributed by atoms with Crippen LogP contribution in [0, 0.1) is 5.82 Å². The van der Waals surface area contributed by atoms with Crippen LogP contribution in [-0.2, 0) is 32.6 Å². The van der Waals surface area contributed by atoms with E-state index in [9.17, 15) is 22.4 Å². The summed E-state index contributed by atoms with van der Waals surface area (Å²) in [5.41, 5.74) is 1.65. The summed E-state index contributed by atoms with van der Waals surface area (Å²) in [5, 5.41) is 2.96. The number of ether oxygens (including phenoxy) is 1. The molecule has 1 N–H and O–H groups in total. The summed E-state index contributed by atoms with van der Waals surface area (Å²) >= 11 is 0. The summed E-state index contributed by atoms with van der Waals surface area (Å²) in [6.45, 7) is 1.84. The van der Waals surface area contributed by atoms with Gasteiger partial charge in [-0.3, -0.25) is 13.9 Å². The van der Waals surface area contributed by atoms with Gasteiger partial charge in [-0.1, -0.05) is 74.0 Å². The lowest BCUT2D eigenvalue weighted by atomic mass is 10.0. The molecule has 2 amide bonds. The van der Waals surface area contributed by atoms with Crippen molar-refractivity contribution >= 4 is 27.5 Å². The molecule has 10 heteroatoms. The maximum absolute atomic E-state index is 14.4. The summed E-state index contributed by atoms with van der Waals surface area (Å²) in [6, 6.07) is 28.2. The molecule has 1 atom stereocenters. The second-order valence-corrected chi connectivity index (χ2v) is 12.4. The highest BCUT2D eigenvalue weighted by Gasteiger charge is 2.34. The zero-order chi connectivity index (χ0) is 32.2. The Morgan fingerprint density at radius 3 is 2.16 bits per heavy atom. The second kappa shape index (κ2) is 15.9. The van der Waals surface area contributed by atoms with Crippen molar-refractivity contribution in [1.29, 1.82) is 0 Å². The number of rotatable bonds is 15. The van der Waals surface area contributed by atoms with E-state index in [1.807, 2.05) is 43.3 Å². The van der Waals surface area contributed by atoms with Crippen molar-refractivity contribution in [2.75, 3.05) is 24.5 Å². The standard InChI is InChI=1S/C35H38FN3O5S/c1-3-4-22-37-35(41)33(24-27-12-7-5-8-13-27)38(25-28-14-11-15-31(23-28)44-2)34(40)26-39(30-20-18-29(36)19-21-30)45(42,43)32-16-9-6-10-17-32/h5-21,23,33H,3-4,22,24-26H2,1-2H3,(H,37,41). The number of sulfonamides is 1. The van der Waals surface area contributed by atoms with Crippen molar-refractivity contribution in [1.82, 2.24) is 10.2 Å². The van der Waals surface area contributed by atoms with Crippen LogP contribution in [0.25, 0.3) is 0 Å². The van der Waals surface area contributed by atoms with Crippen LogP contribution in [0.4, 0.5) is 10.1 Å². The lowest BCUT2D eigenvalue weighted by Gasteiger charge is -2.34. The summed E-state index contributed by atoms with van der Waals surface area (Å²) < 4.78 is 48.1. The Kier molecular flexibility index (Phi) is 11.7. The molecule has 0 saturated heterocycles. The molecular weight excluding hydrogens is 593 g/mol. The number of hydrogen-bond acceptors (Lipinski definition) is 5. The third kappa shape index (κ3) is 8.92. The minimum atomic E-state index is -4.26. The number of hydrogen-bond donors (Lipinski definition) is 1. The molecule has 8 nitrogen and oxygen atoms in total. The second-order valence-electron chi connectivity index (χ2n) is 10.5. The first kappa shape index (κ1) is 33.2. The van der Waals surface area contributed by atoms with Gasteiger partial charge >= 0.3 is 0 Å². The number of amides is 2. The van der Waals surface area contributed by atoms with Crippen LogP contribution in [-0.4, -0.2) is 51.4 Å². The lowest BCUT2D eigenvalue weighted by Crippen LogP contribution is -2.53. The Hall–Kier alpha value is -4.70. The van der Waals surface area contributed by atoms with Crippen LogP contribution in [0.3, 0.4) is 0 Å². The monoisotopic (exact) mass is 631 g/mol. The van der Waals surface area contributed by atoms with Crippen molar-refractivity contribution < 1.29 is 27.1 Å². The van der Waals surface area contributed by atoms with Crippen LogP contribution in [0.1, 0.15) is 30.9 Å². The summed E-state index contributed by atoms with van der Waals surface area (Å²) in [7, 11) is -2.72. The minimum absolute atomic E-state index is 0.0113. The molecule has 0 aliphatic heterocycles. The summed E-state index contributed by atoms with van der Waals surface area (Å²) in [4.78, 5) is 29.6. The molecule has 0 heterocycles. The predicted molar refractivity (Wildman–Crippen MR) is 173 cm³/mol. The van der Waals surface area contributed by atoms with E-state index in [1.165, 1.54) is 36.3 Å². The molecule has 0 aromatic heterocycles. The van der Waals surface area contributed by atoms with Gasteiger partial charge in [0.2, 0.25) is 11.8 Å². The van der Waals surface area contributed by atoms with E-state index < -0.39 is 34.3 Å². The number of carbonyl (C=O) groups excluding carboxylic acids is 2. The topological polar surface area (TPSA) is 96.0 Å². The van der Waals surface area contributed by atoms with Crippen molar-refractivity contribution in [3.05, 3.63) is 126 Å². The van der Waals surface area contributed by atoms with E-state index in [0.717, 1.165) is 34.8 Å². The molecule has 4 aromatic rings. The molecule has 0 spiro atoms. The smallest absolute Gasteiger partial charge is 0.264 e. The molecule has 0 fully saturated rings. The number of nitrogens with one attached hydrogen (secondary N) is 1. The van der Waals surface area contributed by atoms with Crippen molar-refractivity contribution in [2.24, 2.45) is 0 Å². The molecule has 236 valence electrons. The Morgan fingerprint density at radius 2 is 1.51 bits per heavy atom. The van der Waals surface area contributed by atoms with Gasteiger partial charge in [0.15, 0.2) is 0 Å². The van der Waals surface area contributed by atoms with Crippen LogP contribution in [0.5, 0.6) is 5.75 Å². The number of nitrogens with zero attached hydrogens (tertiary/aromatic N) is 2. The fraction of sp³-hybridized carbons (Fsp3) is 0.257. The van der Waals surface area contributed by atoms with Crippen molar-refractivity contribution in [3.63, 3.8) is 0 Å². The summed E-state index contributed by atoms with van der Waals surface area (Å²) in [6.07, 6.45) is 1.85. The van der Waals surface area contributed by atoms with E-state index in [-0.39, 0.29) is 29.5 Å². The predicted octanol–water partition coefficient (Wildman–Crippen LogP) is 5.59. The number of benzene rings is 4. The quantitative estimate of drug-likeness (QED) is 0.173. The molecule has 0 radical (unpaired) electrons. The van der Waals surface area contributed by atoms with Gasteiger partial charge in [-0.2, -0.15) is 0 Å². The zero-order valence-electron chi connectivity index (χ0n) is 25.4. The average Bonchev–Trinajstić information content (AvgIpc) is 3.06. The Balaban J connectivity index is 1.79. The van der Waals surface area contributed by atoms with Gasteiger partial charge in [0.1, 0.15) is 24.2 Å². The molecule has 4 rings (SSSR count). The van der Waals surface area contributed by atoms with Gasteiger partial charge in [0.25, 0.3) is 10.0 Å². The van der Waals surface area contributed by atoms with E-state index in [1.54, 1.807) is 36.4 Å². The van der Waals surface area contributed by atoms with Gasteiger partial charge < -0.3 is 15.0 Å². The maximum Gasteiger partial charge on any atom is 0.264 e. The fourth-order valence-corrected chi connectivity index (χ4v) is 6.32. The first-order chi connectivity index (χ1) is 21.7. The zero-order valence-corrected chi connectivity index (χ0v) is 26.3. The molecule has 0 aliphatic rings.